The maximum atomic E-state index is 14.3. The maximum absolute atomic E-state index is 14.3. The van der Waals surface area contributed by atoms with Gasteiger partial charge in [0.2, 0.25) is 0 Å². The second kappa shape index (κ2) is 15.1. The molecule has 266 valence electrons. The zero-order chi connectivity index (χ0) is 35.5. The van der Waals surface area contributed by atoms with Crippen molar-refractivity contribution in [1.82, 2.24) is 19.8 Å². The molecule has 4 heterocycles. The van der Waals surface area contributed by atoms with Gasteiger partial charge in [-0.1, -0.05) is 50.2 Å². The van der Waals surface area contributed by atoms with Gasteiger partial charge in [0.25, 0.3) is 0 Å². The first-order valence-electron chi connectivity index (χ1n) is 17.8. The van der Waals surface area contributed by atoms with Crippen molar-refractivity contribution in [2.75, 3.05) is 51.8 Å². The van der Waals surface area contributed by atoms with Crippen molar-refractivity contribution in [1.29, 1.82) is 0 Å². The summed E-state index contributed by atoms with van der Waals surface area (Å²) in [5.41, 5.74) is 5.83. The number of nitrogens with one attached hydrogen (secondary N) is 1. The summed E-state index contributed by atoms with van der Waals surface area (Å²) in [7, 11) is 3.05. The molecule has 0 saturated carbocycles. The Morgan fingerprint density at radius 1 is 0.961 bits per heavy atom. The quantitative estimate of drug-likeness (QED) is 0.148. The van der Waals surface area contributed by atoms with Crippen molar-refractivity contribution in [3.8, 4) is 17.2 Å². The van der Waals surface area contributed by atoms with Gasteiger partial charge in [-0.05, 0) is 65.8 Å². The van der Waals surface area contributed by atoms with Crippen LogP contribution in [0.25, 0.3) is 11.0 Å². The van der Waals surface area contributed by atoms with Gasteiger partial charge in [-0.2, -0.15) is 0 Å². The van der Waals surface area contributed by atoms with E-state index in [9.17, 15) is 9.18 Å². The van der Waals surface area contributed by atoms with Gasteiger partial charge < -0.3 is 24.1 Å². The lowest BCUT2D eigenvalue weighted by Gasteiger charge is -2.48. The number of carbonyl (C=O) groups is 1. The highest BCUT2D eigenvalue weighted by Crippen LogP contribution is 2.37. The summed E-state index contributed by atoms with van der Waals surface area (Å²) < 4.78 is 30.9. The number of methoxy groups -OCH3 is 2. The lowest BCUT2D eigenvalue weighted by atomic mass is 9.89. The summed E-state index contributed by atoms with van der Waals surface area (Å²) in [6.07, 6.45) is 4.81. The van der Waals surface area contributed by atoms with E-state index < -0.39 is 11.8 Å². The molecule has 2 aliphatic heterocycles. The van der Waals surface area contributed by atoms with E-state index in [1.807, 2.05) is 24.3 Å². The molecule has 0 amide bonds. The van der Waals surface area contributed by atoms with Crippen molar-refractivity contribution in [3.05, 3.63) is 113 Å². The van der Waals surface area contributed by atoms with Gasteiger partial charge >= 0.3 is 5.97 Å². The number of anilines is 1. The number of pyridine rings is 1. The Balaban J connectivity index is 1.09. The molecule has 2 aliphatic rings. The fourth-order valence-electron chi connectivity index (χ4n) is 7.70. The van der Waals surface area contributed by atoms with E-state index in [1.54, 1.807) is 19.2 Å². The zero-order valence-corrected chi connectivity index (χ0v) is 29.8. The van der Waals surface area contributed by atoms with Crippen LogP contribution in [-0.4, -0.2) is 78.7 Å². The van der Waals surface area contributed by atoms with Gasteiger partial charge in [0.1, 0.15) is 34.3 Å². The Bertz CT molecular complexity index is 1970. The van der Waals surface area contributed by atoms with E-state index in [-0.39, 0.29) is 0 Å². The van der Waals surface area contributed by atoms with Crippen LogP contribution in [-0.2, 0) is 11.3 Å². The van der Waals surface area contributed by atoms with Crippen LogP contribution in [0, 0.1) is 5.82 Å². The average molecular weight is 692 g/mol. The highest BCUT2D eigenvalue weighted by atomic mass is 19.1. The van der Waals surface area contributed by atoms with Gasteiger partial charge in [-0.25, -0.2) is 14.2 Å². The number of aromatic nitrogens is 2. The Morgan fingerprint density at radius 3 is 2.49 bits per heavy atom. The molecule has 2 saturated heterocycles. The third-order valence-corrected chi connectivity index (χ3v) is 10.4. The van der Waals surface area contributed by atoms with Gasteiger partial charge in [-0.15, -0.1) is 0 Å². The number of benzene rings is 3. The fourth-order valence-corrected chi connectivity index (χ4v) is 7.70. The van der Waals surface area contributed by atoms with Crippen LogP contribution >= 0.6 is 0 Å². The van der Waals surface area contributed by atoms with Crippen molar-refractivity contribution in [2.45, 2.75) is 51.2 Å². The molecule has 3 aromatic carbocycles. The van der Waals surface area contributed by atoms with Crippen LogP contribution in [0.4, 0.5) is 10.1 Å². The minimum Gasteiger partial charge on any atom is -0.497 e. The van der Waals surface area contributed by atoms with E-state index in [0.29, 0.717) is 46.1 Å². The molecule has 0 aliphatic carbocycles. The second-order valence-electron chi connectivity index (χ2n) is 13.8. The number of H-pyrrole nitrogens is 1. The number of carbonyl (C=O) groups excluding carboxylic acids is 1. The molecule has 0 bridgehead atoms. The largest absolute Gasteiger partial charge is 0.497 e. The topological polar surface area (TPSA) is 83.2 Å². The minimum atomic E-state index is -0.504. The minimum absolute atomic E-state index is 0.294. The van der Waals surface area contributed by atoms with E-state index in [0.717, 1.165) is 63.5 Å². The highest BCUT2D eigenvalue weighted by molar-refractivity contribution is 5.93. The molecular formula is C41H46FN5O4. The molecule has 2 aromatic heterocycles. The van der Waals surface area contributed by atoms with Crippen LogP contribution < -0.4 is 14.4 Å². The van der Waals surface area contributed by atoms with E-state index in [1.165, 1.54) is 36.2 Å². The molecule has 10 heteroatoms. The number of fused-ring (bicyclic) bond motifs is 1. The molecule has 1 N–H and O–H groups in total. The molecule has 9 nitrogen and oxygen atoms in total. The summed E-state index contributed by atoms with van der Waals surface area (Å²) in [6, 6.07) is 25.3. The number of nitrogens with zero attached hydrogens (tertiary/aromatic N) is 4. The van der Waals surface area contributed by atoms with E-state index in [4.69, 9.17) is 14.2 Å². The SMILES string of the molecule is COC(=O)c1ccc(N2CCC(N3CCN(Cc4ccc(OC)cc4)C[C@H]3c3ccccc3C(C)C)CC2)cc1Oc1cnc2[nH]cc(F)c2c1. The van der Waals surface area contributed by atoms with Crippen molar-refractivity contribution < 1.29 is 23.4 Å². The maximum Gasteiger partial charge on any atom is 0.341 e. The molecule has 51 heavy (non-hydrogen) atoms. The Morgan fingerprint density at radius 2 is 1.75 bits per heavy atom. The number of esters is 1. The van der Waals surface area contributed by atoms with Gasteiger partial charge in [0.15, 0.2) is 0 Å². The second-order valence-corrected chi connectivity index (χ2v) is 13.8. The number of ether oxygens (including phenoxy) is 3. The first kappa shape index (κ1) is 34.5. The Hall–Kier alpha value is -4.93. The Kier molecular flexibility index (Phi) is 10.2. The lowest BCUT2D eigenvalue weighted by molar-refractivity contribution is 0.0271. The van der Waals surface area contributed by atoms with E-state index in [2.05, 4.69) is 74.9 Å². The monoisotopic (exact) mass is 691 g/mol. The molecule has 0 unspecified atom stereocenters. The van der Waals surface area contributed by atoms with Crippen LogP contribution in [0.1, 0.15) is 65.7 Å². The molecule has 2 fully saturated rings. The molecule has 0 spiro atoms. The third kappa shape index (κ3) is 7.43. The van der Waals surface area contributed by atoms with E-state index >= 15 is 0 Å². The fraction of sp³-hybridized carbons (Fsp3) is 0.366. The van der Waals surface area contributed by atoms with Crippen molar-refractivity contribution in [3.63, 3.8) is 0 Å². The first-order valence-corrected chi connectivity index (χ1v) is 17.8. The van der Waals surface area contributed by atoms with Gasteiger partial charge in [0.05, 0.1) is 25.8 Å². The number of halogens is 1. The molecule has 1 atom stereocenters. The summed E-state index contributed by atoms with van der Waals surface area (Å²) in [5.74, 6) is 1.08. The van der Waals surface area contributed by atoms with Crippen LogP contribution in [0.15, 0.2) is 85.2 Å². The molecule has 5 aromatic rings. The van der Waals surface area contributed by atoms with Crippen LogP contribution in [0.3, 0.4) is 0 Å². The van der Waals surface area contributed by atoms with Crippen LogP contribution in [0.2, 0.25) is 0 Å². The number of hydrogen-bond acceptors (Lipinski definition) is 8. The Labute approximate surface area is 298 Å². The third-order valence-electron chi connectivity index (χ3n) is 10.4. The summed E-state index contributed by atoms with van der Waals surface area (Å²) in [4.78, 5) is 27.5. The molecule has 0 radical (unpaired) electrons. The van der Waals surface area contributed by atoms with Gasteiger partial charge in [0, 0.05) is 69.3 Å². The summed E-state index contributed by atoms with van der Waals surface area (Å²) in [6.45, 7) is 10.2. The van der Waals surface area contributed by atoms with Crippen molar-refractivity contribution >= 4 is 22.7 Å². The highest BCUT2D eigenvalue weighted by Gasteiger charge is 2.36. The number of hydrogen-bond donors (Lipinski definition) is 1. The van der Waals surface area contributed by atoms with Crippen molar-refractivity contribution in [2.24, 2.45) is 0 Å². The number of aromatic amines is 1. The molecular weight excluding hydrogens is 645 g/mol. The lowest BCUT2D eigenvalue weighted by Crippen LogP contribution is -2.54. The first-order chi connectivity index (χ1) is 24.8. The number of piperidine rings is 1. The number of piperazine rings is 1. The predicted molar refractivity (Wildman–Crippen MR) is 197 cm³/mol. The average Bonchev–Trinajstić information content (AvgIpc) is 3.54. The molecule has 7 rings (SSSR count). The van der Waals surface area contributed by atoms with Gasteiger partial charge in [-0.3, -0.25) is 9.80 Å². The summed E-state index contributed by atoms with van der Waals surface area (Å²) in [5, 5.41) is 0.321. The smallest absolute Gasteiger partial charge is 0.341 e. The standard InChI is InChI=1S/C41H46FN5O4/c1-27(2)33-7-5-6-8-34(33)38-26-45(25-28-9-12-31(49-3)13-10-28)19-20-47(38)29-15-17-46(18-16-29)30-11-14-35(41(48)50-4)39(21-30)51-32-22-36-37(42)24-44-40(36)43-23-32/h5-14,21-24,27,29,38H,15-20,25-26H2,1-4H3,(H,43,44)/t38-/m0/s1. The summed E-state index contributed by atoms with van der Waals surface area (Å²) >= 11 is 0. The van der Waals surface area contributed by atoms with Crippen LogP contribution in [0.5, 0.6) is 17.2 Å². The number of rotatable bonds is 10. The zero-order valence-electron chi connectivity index (χ0n) is 29.8. The predicted octanol–water partition coefficient (Wildman–Crippen LogP) is 7.94. The normalized spacial score (nSPS) is 17.6.